The molecule has 0 amide bonds. The summed E-state index contributed by atoms with van der Waals surface area (Å²) in [5.41, 5.74) is 0. The number of aromatic nitrogens is 2. The molecule has 0 saturated heterocycles. The van der Waals surface area contributed by atoms with Crippen LogP contribution in [0.1, 0.15) is 51.9 Å². The summed E-state index contributed by atoms with van der Waals surface area (Å²) in [6.45, 7) is 3.34. The van der Waals surface area contributed by atoms with Crippen LogP contribution in [0.3, 0.4) is 0 Å². The molecule has 0 aromatic carbocycles. The van der Waals surface area contributed by atoms with Crippen LogP contribution in [-0.4, -0.2) is 9.78 Å². The van der Waals surface area contributed by atoms with Gasteiger partial charge in [0.05, 0.1) is 9.77 Å². The molecule has 0 radical (unpaired) electrons. The number of aryl methyl sites for hydroxylation is 1. The van der Waals surface area contributed by atoms with Gasteiger partial charge in [0.15, 0.2) is 0 Å². The fraction of sp³-hybridized carbons (Fsp3) is 0.750. The highest BCUT2D eigenvalue weighted by molar-refractivity contribution is 14.1. The third-order valence-corrected chi connectivity index (χ3v) is 3.15. The molecule has 1 aromatic heterocycles. The van der Waals surface area contributed by atoms with Gasteiger partial charge in [0, 0.05) is 12.7 Å². The minimum Gasteiger partial charge on any atom is -0.272 e. The number of rotatable bonds is 8. The fourth-order valence-corrected chi connectivity index (χ4v) is 2.14. The molecular formula is C12H21IN2. The largest absolute Gasteiger partial charge is 0.272 e. The topological polar surface area (TPSA) is 17.8 Å². The van der Waals surface area contributed by atoms with Crippen LogP contribution in [0.5, 0.6) is 0 Å². The Hall–Kier alpha value is -0.0600. The van der Waals surface area contributed by atoms with E-state index < -0.39 is 0 Å². The average Bonchev–Trinajstić information content (AvgIpc) is 2.63. The Labute approximate surface area is 107 Å². The summed E-state index contributed by atoms with van der Waals surface area (Å²) in [7, 11) is 0. The van der Waals surface area contributed by atoms with Crippen LogP contribution in [0.25, 0.3) is 0 Å². The van der Waals surface area contributed by atoms with Crippen molar-refractivity contribution in [3.05, 3.63) is 16.0 Å². The maximum absolute atomic E-state index is 4.27. The summed E-state index contributed by atoms with van der Waals surface area (Å²) >= 11 is 2.30. The maximum Gasteiger partial charge on any atom is 0.0623 e. The van der Waals surface area contributed by atoms with E-state index in [0.717, 1.165) is 6.54 Å². The van der Waals surface area contributed by atoms with Crippen LogP contribution in [-0.2, 0) is 6.54 Å². The zero-order chi connectivity index (χ0) is 10.9. The predicted molar refractivity (Wildman–Crippen MR) is 72.9 cm³/mol. The van der Waals surface area contributed by atoms with Crippen molar-refractivity contribution in [2.45, 2.75) is 58.4 Å². The standard InChI is InChI=1S/C12H21IN2/c1-2-3-4-5-6-7-8-9-15-11-12(13)10-14-15/h10-11H,2-9H2,1H3. The molecule has 1 rings (SSSR count). The van der Waals surface area contributed by atoms with E-state index in [-0.39, 0.29) is 0 Å². The van der Waals surface area contributed by atoms with Crippen molar-refractivity contribution in [1.82, 2.24) is 9.78 Å². The van der Waals surface area contributed by atoms with Gasteiger partial charge in [-0.2, -0.15) is 5.10 Å². The monoisotopic (exact) mass is 320 g/mol. The first-order valence-corrected chi connectivity index (χ1v) is 7.08. The van der Waals surface area contributed by atoms with Gasteiger partial charge in [-0.3, -0.25) is 4.68 Å². The smallest absolute Gasteiger partial charge is 0.0623 e. The van der Waals surface area contributed by atoms with Crippen molar-refractivity contribution in [3.63, 3.8) is 0 Å². The number of hydrogen-bond donors (Lipinski definition) is 0. The van der Waals surface area contributed by atoms with Crippen LogP contribution in [0.2, 0.25) is 0 Å². The number of unbranched alkanes of at least 4 members (excludes halogenated alkanes) is 6. The zero-order valence-electron chi connectivity index (χ0n) is 9.58. The maximum atomic E-state index is 4.27. The highest BCUT2D eigenvalue weighted by atomic mass is 127. The van der Waals surface area contributed by atoms with Crippen molar-refractivity contribution in [3.8, 4) is 0 Å². The van der Waals surface area contributed by atoms with Crippen molar-refractivity contribution in [1.29, 1.82) is 0 Å². The fourth-order valence-electron chi connectivity index (χ4n) is 1.69. The summed E-state index contributed by atoms with van der Waals surface area (Å²) < 4.78 is 3.28. The van der Waals surface area contributed by atoms with Crippen LogP contribution < -0.4 is 0 Å². The van der Waals surface area contributed by atoms with E-state index in [1.807, 2.05) is 10.9 Å². The summed E-state index contributed by atoms with van der Waals surface area (Å²) in [5, 5.41) is 4.27. The van der Waals surface area contributed by atoms with E-state index in [1.54, 1.807) is 0 Å². The van der Waals surface area contributed by atoms with Gasteiger partial charge in [-0.25, -0.2) is 0 Å². The second-order valence-electron chi connectivity index (χ2n) is 4.04. The normalized spacial score (nSPS) is 10.8. The molecule has 0 unspecified atom stereocenters. The lowest BCUT2D eigenvalue weighted by atomic mass is 10.1. The molecule has 0 aliphatic heterocycles. The van der Waals surface area contributed by atoms with Crippen LogP contribution in [0.15, 0.2) is 12.4 Å². The Morgan fingerprint density at radius 2 is 1.80 bits per heavy atom. The van der Waals surface area contributed by atoms with Crippen LogP contribution >= 0.6 is 22.6 Å². The lowest BCUT2D eigenvalue weighted by Gasteiger charge is -2.01. The molecular weight excluding hydrogens is 299 g/mol. The van der Waals surface area contributed by atoms with Gasteiger partial charge in [-0.1, -0.05) is 45.4 Å². The Bertz CT molecular complexity index is 258. The molecule has 0 fully saturated rings. The molecule has 0 aliphatic carbocycles. The van der Waals surface area contributed by atoms with Crippen molar-refractivity contribution in [2.24, 2.45) is 0 Å². The van der Waals surface area contributed by atoms with Crippen molar-refractivity contribution in [2.75, 3.05) is 0 Å². The minimum absolute atomic E-state index is 1.08. The first kappa shape index (κ1) is 13.0. The van der Waals surface area contributed by atoms with E-state index in [0.29, 0.717) is 0 Å². The second kappa shape index (κ2) is 8.13. The average molecular weight is 320 g/mol. The molecule has 3 heteroatoms. The third kappa shape index (κ3) is 6.17. The molecule has 86 valence electrons. The first-order valence-electron chi connectivity index (χ1n) is 6.01. The SMILES string of the molecule is CCCCCCCCCn1cc(I)cn1. The van der Waals surface area contributed by atoms with E-state index in [9.17, 15) is 0 Å². The van der Waals surface area contributed by atoms with Gasteiger partial charge < -0.3 is 0 Å². The molecule has 0 saturated carbocycles. The van der Waals surface area contributed by atoms with Crippen LogP contribution in [0, 0.1) is 3.57 Å². The van der Waals surface area contributed by atoms with Gasteiger partial charge >= 0.3 is 0 Å². The molecule has 0 N–H and O–H groups in total. The Balaban J connectivity index is 1.93. The van der Waals surface area contributed by atoms with Gasteiger partial charge in [-0.15, -0.1) is 0 Å². The molecule has 15 heavy (non-hydrogen) atoms. The molecule has 0 atom stereocenters. The predicted octanol–water partition coefficient (Wildman–Crippen LogP) is 4.24. The van der Waals surface area contributed by atoms with E-state index in [2.05, 4.69) is 40.8 Å². The van der Waals surface area contributed by atoms with E-state index in [1.165, 1.54) is 48.5 Å². The molecule has 0 bridgehead atoms. The number of nitrogens with zero attached hydrogens (tertiary/aromatic N) is 2. The summed E-state index contributed by atoms with van der Waals surface area (Å²) in [6.07, 6.45) is 13.6. The molecule has 2 nitrogen and oxygen atoms in total. The highest BCUT2D eigenvalue weighted by Crippen LogP contribution is 2.08. The molecule has 0 aliphatic rings. The Morgan fingerprint density at radius 1 is 1.13 bits per heavy atom. The Morgan fingerprint density at radius 3 is 2.40 bits per heavy atom. The van der Waals surface area contributed by atoms with Gasteiger partial charge in [0.1, 0.15) is 0 Å². The number of hydrogen-bond acceptors (Lipinski definition) is 1. The van der Waals surface area contributed by atoms with E-state index >= 15 is 0 Å². The molecule has 1 aromatic rings. The van der Waals surface area contributed by atoms with Crippen molar-refractivity contribution >= 4 is 22.6 Å². The summed E-state index contributed by atoms with van der Waals surface area (Å²) in [6, 6.07) is 0. The number of halogens is 1. The second-order valence-corrected chi connectivity index (χ2v) is 5.29. The van der Waals surface area contributed by atoms with Crippen molar-refractivity contribution < 1.29 is 0 Å². The lowest BCUT2D eigenvalue weighted by Crippen LogP contribution is -1.97. The van der Waals surface area contributed by atoms with Gasteiger partial charge in [0.2, 0.25) is 0 Å². The lowest BCUT2D eigenvalue weighted by molar-refractivity contribution is 0.523. The zero-order valence-corrected chi connectivity index (χ0v) is 11.7. The molecule has 1 heterocycles. The minimum atomic E-state index is 1.08. The van der Waals surface area contributed by atoms with Gasteiger partial charge in [0.25, 0.3) is 0 Å². The molecule has 0 spiro atoms. The third-order valence-electron chi connectivity index (χ3n) is 2.59. The van der Waals surface area contributed by atoms with Gasteiger partial charge in [-0.05, 0) is 29.0 Å². The quantitative estimate of drug-likeness (QED) is 0.517. The summed E-state index contributed by atoms with van der Waals surface area (Å²) in [5.74, 6) is 0. The highest BCUT2D eigenvalue weighted by Gasteiger charge is 1.95. The first-order chi connectivity index (χ1) is 7.33. The van der Waals surface area contributed by atoms with E-state index in [4.69, 9.17) is 0 Å². The summed E-state index contributed by atoms with van der Waals surface area (Å²) in [4.78, 5) is 0. The Kier molecular flexibility index (Phi) is 7.05. The van der Waals surface area contributed by atoms with Crippen LogP contribution in [0.4, 0.5) is 0 Å².